The van der Waals surface area contributed by atoms with E-state index in [0.717, 1.165) is 24.3 Å². The molecule has 1 saturated carbocycles. The van der Waals surface area contributed by atoms with Crippen molar-refractivity contribution in [1.82, 2.24) is 0 Å². The molecule has 2 aromatic carbocycles. The van der Waals surface area contributed by atoms with Gasteiger partial charge < -0.3 is 4.74 Å². The fourth-order valence-corrected chi connectivity index (χ4v) is 5.52. The molecule has 0 heterocycles. The standard InChI is InChI=1S/C21H20F4O4S/c1-29-17-10-14(9-16(22)12-17)20(26)6-5-13-7-19(8-13)30(27,28)18-4-2-3-15(11-18)21(23,24)25/h2-4,9-13,19H,5-8H2,1H3. The summed E-state index contributed by atoms with van der Waals surface area (Å²) >= 11 is 0. The molecule has 1 aliphatic carbocycles. The van der Waals surface area contributed by atoms with E-state index in [1.807, 2.05) is 0 Å². The summed E-state index contributed by atoms with van der Waals surface area (Å²) in [5, 5.41) is -0.768. The second-order valence-electron chi connectivity index (χ2n) is 7.37. The van der Waals surface area contributed by atoms with Crippen LogP contribution in [-0.2, 0) is 16.0 Å². The number of carbonyl (C=O) groups is 1. The molecule has 0 unspecified atom stereocenters. The Balaban J connectivity index is 1.58. The number of halogens is 4. The summed E-state index contributed by atoms with van der Waals surface area (Å²) in [6, 6.07) is 7.45. The highest BCUT2D eigenvalue weighted by Gasteiger charge is 2.40. The molecule has 3 rings (SSSR count). The lowest BCUT2D eigenvalue weighted by Crippen LogP contribution is -2.36. The summed E-state index contributed by atoms with van der Waals surface area (Å²) in [7, 11) is -2.51. The molecular formula is C21H20F4O4S. The lowest BCUT2D eigenvalue weighted by atomic mass is 9.80. The van der Waals surface area contributed by atoms with E-state index >= 15 is 0 Å². The Hall–Kier alpha value is -2.42. The van der Waals surface area contributed by atoms with E-state index in [0.29, 0.717) is 12.5 Å². The average Bonchev–Trinajstić information content (AvgIpc) is 2.65. The van der Waals surface area contributed by atoms with Crippen molar-refractivity contribution in [2.75, 3.05) is 7.11 Å². The second-order valence-corrected chi connectivity index (χ2v) is 9.60. The molecule has 0 spiro atoms. The Bertz CT molecular complexity index is 1040. The Labute approximate surface area is 171 Å². The molecule has 1 aliphatic rings. The summed E-state index contributed by atoms with van der Waals surface area (Å²) in [6.07, 6.45) is -3.52. The van der Waals surface area contributed by atoms with Crippen LogP contribution in [0.5, 0.6) is 5.75 Å². The van der Waals surface area contributed by atoms with Crippen LogP contribution in [0.15, 0.2) is 47.4 Å². The van der Waals surface area contributed by atoms with Crippen molar-refractivity contribution in [1.29, 1.82) is 0 Å². The number of hydrogen-bond acceptors (Lipinski definition) is 4. The first-order valence-corrected chi connectivity index (χ1v) is 10.8. The van der Waals surface area contributed by atoms with Gasteiger partial charge in [0.25, 0.3) is 0 Å². The topological polar surface area (TPSA) is 60.4 Å². The van der Waals surface area contributed by atoms with Crippen molar-refractivity contribution < 1.29 is 35.5 Å². The van der Waals surface area contributed by atoms with Crippen LogP contribution in [0, 0.1) is 11.7 Å². The average molecular weight is 444 g/mol. The zero-order valence-corrected chi connectivity index (χ0v) is 16.9. The van der Waals surface area contributed by atoms with Gasteiger partial charge in [-0.05, 0) is 55.5 Å². The second kappa shape index (κ2) is 8.37. The van der Waals surface area contributed by atoms with E-state index in [4.69, 9.17) is 4.74 Å². The lowest BCUT2D eigenvalue weighted by molar-refractivity contribution is -0.137. The third-order valence-corrected chi connectivity index (χ3v) is 7.50. The number of hydrogen-bond donors (Lipinski definition) is 0. The molecule has 0 N–H and O–H groups in total. The van der Waals surface area contributed by atoms with E-state index in [-0.39, 0.29) is 47.2 Å². The minimum Gasteiger partial charge on any atom is -0.497 e. The van der Waals surface area contributed by atoms with Gasteiger partial charge in [-0.3, -0.25) is 4.79 Å². The van der Waals surface area contributed by atoms with Gasteiger partial charge in [0.15, 0.2) is 15.6 Å². The molecule has 0 bridgehead atoms. The summed E-state index contributed by atoms with van der Waals surface area (Å²) in [5.74, 6) is -0.671. The number of ether oxygens (including phenoxy) is 1. The number of alkyl halides is 3. The van der Waals surface area contributed by atoms with Crippen molar-refractivity contribution in [3.8, 4) is 5.75 Å². The first-order valence-electron chi connectivity index (χ1n) is 9.29. The van der Waals surface area contributed by atoms with Gasteiger partial charge >= 0.3 is 6.18 Å². The molecule has 0 radical (unpaired) electrons. The number of ketones is 1. The van der Waals surface area contributed by atoms with E-state index < -0.39 is 32.6 Å². The summed E-state index contributed by atoms with van der Waals surface area (Å²) in [5.41, 5.74) is -0.824. The highest BCUT2D eigenvalue weighted by molar-refractivity contribution is 7.92. The van der Waals surface area contributed by atoms with Crippen LogP contribution in [0.3, 0.4) is 0 Å². The quantitative estimate of drug-likeness (QED) is 0.442. The van der Waals surface area contributed by atoms with Gasteiger partial charge in [0.05, 0.1) is 22.8 Å². The maximum Gasteiger partial charge on any atom is 0.416 e. The molecule has 162 valence electrons. The van der Waals surface area contributed by atoms with E-state index in [9.17, 15) is 30.8 Å². The smallest absolute Gasteiger partial charge is 0.416 e. The maximum atomic E-state index is 13.5. The molecule has 0 saturated heterocycles. The molecule has 0 aliphatic heterocycles. The largest absolute Gasteiger partial charge is 0.497 e. The third-order valence-electron chi connectivity index (χ3n) is 5.33. The van der Waals surface area contributed by atoms with Gasteiger partial charge in [0.2, 0.25) is 0 Å². The number of carbonyl (C=O) groups excluding carboxylic acids is 1. The van der Waals surface area contributed by atoms with Gasteiger partial charge in [-0.15, -0.1) is 0 Å². The van der Waals surface area contributed by atoms with Gasteiger partial charge in [-0.25, -0.2) is 12.8 Å². The van der Waals surface area contributed by atoms with Crippen molar-refractivity contribution in [2.24, 2.45) is 5.92 Å². The van der Waals surface area contributed by atoms with Gasteiger partial charge in [-0.1, -0.05) is 6.07 Å². The normalized spacial score (nSPS) is 19.2. The zero-order valence-electron chi connectivity index (χ0n) is 16.1. The maximum absolute atomic E-state index is 13.5. The van der Waals surface area contributed by atoms with Crippen LogP contribution in [0.1, 0.15) is 41.6 Å². The molecule has 9 heteroatoms. The first-order chi connectivity index (χ1) is 14.0. The van der Waals surface area contributed by atoms with Crippen molar-refractivity contribution >= 4 is 15.6 Å². The molecule has 0 aromatic heterocycles. The van der Waals surface area contributed by atoms with Crippen LogP contribution in [-0.4, -0.2) is 26.6 Å². The minimum absolute atomic E-state index is 0.0324. The number of benzene rings is 2. The first kappa shape index (κ1) is 22.3. The van der Waals surface area contributed by atoms with Crippen LogP contribution >= 0.6 is 0 Å². The number of sulfone groups is 1. The predicted octanol–water partition coefficient (Wildman–Crippen LogP) is 5.07. The molecule has 4 nitrogen and oxygen atoms in total. The predicted molar refractivity (Wildman–Crippen MR) is 102 cm³/mol. The van der Waals surface area contributed by atoms with Crippen LogP contribution in [0.25, 0.3) is 0 Å². The van der Waals surface area contributed by atoms with E-state index in [1.165, 1.54) is 19.2 Å². The van der Waals surface area contributed by atoms with E-state index in [2.05, 4.69) is 0 Å². The van der Waals surface area contributed by atoms with Crippen molar-refractivity contribution in [2.45, 2.75) is 42.0 Å². The molecule has 0 amide bonds. The fraction of sp³-hybridized carbons (Fsp3) is 0.381. The molecular weight excluding hydrogens is 424 g/mol. The van der Waals surface area contributed by atoms with Crippen LogP contribution in [0.4, 0.5) is 17.6 Å². The highest BCUT2D eigenvalue weighted by atomic mass is 32.2. The number of rotatable bonds is 7. The summed E-state index contributed by atoms with van der Waals surface area (Å²) in [4.78, 5) is 12.0. The monoisotopic (exact) mass is 444 g/mol. The lowest BCUT2D eigenvalue weighted by Gasteiger charge is -2.34. The van der Waals surface area contributed by atoms with E-state index in [1.54, 1.807) is 0 Å². The third kappa shape index (κ3) is 4.83. The number of methoxy groups -OCH3 is 1. The van der Waals surface area contributed by atoms with Crippen molar-refractivity contribution in [3.63, 3.8) is 0 Å². The van der Waals surface area contributed by atoms with Gasteiger partial charge in [0, 0.05) is 18.1 Å². The van der Waals surface area contributed by atoms with Gasteiger partial charge in [-0.2, -0.15) is 13.2 Å². The SMILES string of the molecule is COc1cc(F)cc(C(=O)CCC2CC(S(=O)(=O)c3cccc(C(F)(F)F)c3)C2)c1. The molecule has 0 atom stereocenters. The Kier molecular flexibility index (Phi) is 6.21. The summed E-state index contributed by atoms with van der Waals surface area (Å²) in [6.45, 7) is 0. The van der Waals surface area contributed by atoms with Crippen LogP contribution < -0.4 is 4.74 Å². The number of Topliss-reactive ketones (excluding diaryl/α,β-unsaturated/α-hetero) is 1. The zero-order chi connectivity index (χ0) is 22.1. The Morgan fingerprint density at radius 1 is 1.13 bits per heavy atom. The Morgan fingerprint density at radius 2 is 1.83 bits per heavy atom. The Morgan fingerprint density at radius 3 is 2.47 bits per heavy atom. The van der Waals surface area contributed by atoms with Gasteiger partial charge in [0.1, 0.15) is 11.6 Å². The fourth-order valence-electron chi connectivity index (χ4n) is 3.53. The summed E-state index contributed by atoms with van der Waals surface area (Å²) < 4.78 is 82.2. The van der Waals surface area contributed by atoms with Crippen LogP contribution in [0.2, 0.25) is 0 Å². The highest BCUT2D eigenvalue weighted by Crippen LogP contribution is 2.40. The molecule has 2 aromatic rings. The minimum atomic E-state index is -4.62. The molecule has 1 fully saturated rings. The van der Waals surface area contributed by atoms with Crippen molar-refractivity contribution in [3.05, 3.63) is 59.4 Å². The molecule has 30 heavy (non-hydrogen) atoms.